The highest BCUT2D eigenvalue weighted by Gasteiger charge is 2.37. The first-order chi connectivity index (χ1) is 11.9. The smallest absolute Gasteiger partial charge is 0.326 e. The van der Waals surface area contributed by atoms with E-state index < -0.39 is 30.0 Å². The highest BCUT2D eigenvalue weighted by molar-refractivity contribution is 7.98. The van der Waals surface area contributed by atoms with Gasteiger partial charge in [-0.15, -0.1) is 0 Å². The molecule has 0 aliphatic carbocycles. The van der Waals surface area contributed by atoms with Crippen molar-refractivity contribution in [3.8, 4) is 0 Å². The first-order valence-corrected chi connectivity index (χ1v) is 10.1. The van der Waals surface area contributed by atoms with Crippen LogP contribution >= 0.6 is 11.8 Å². The van der Waals surface area contributed by atoms with Gasteiger partial charge in [0.15, 0.2) is 0 Å². The van der Waals surface area contributed by atoms with Gasteiger partial charge in [-0.05, 0) is 50.7 Å². The van der Waals surface area contributed by atoms with E-state index in [1.807, 2.05) is 6.26 Å². The third-order valence-corrected chi connectivity index (χ3v) is 4.99. The van der Waals surface area contributed by atoms with E-state index in [0.717, 1.165) is 12.8 Å². The number of hydrogen-bond donors (Lipinski definition) is 4. The van der Waals surface area contributed by atoms with Crippen molar-refractivity contribution in [3.63, 3.8) is 0 Å². The molecule has 1 aliphatic rings. The molecule has 6 N–H and O–H groups in total. The minimum Gasteiger partial charge on any atom is -0.480 e. The summed E-state index contributed by atoms with van der Waals surface area (Å²) in [6.45, 7) is 1.03. The molecule has 0 saturated carbocycles. The first kappa shape index (κ1) is 21.7. The summed E-state index contributed by atoms with van der Waals surface area (Å²) in [5.41, 5.74) is 11.4. The van der Waals surface area contributed by atoms with Gasteiger partial charge in [-0.1, -0.05) is 6.42 Å². The Morgan fingerprint density at radius 2 is 2.04 bits per heavy atom. The van der Waals surface area contributed by atoms with Gasteiger partial charge in [0.25, 0.3) is 0 Å². The number of aliphatic carboxylic acids is 1. The molecule has 2 amide bonds. The highest BCUT2D eigenvalue weighted by Crippen LogP contribution is 2.19. The minimum absolute atomic E-state index is 0.245. The molecular weight excluding hydrogens is 344 g/mol. The van der Waals surface area contributed by atoms with Gasteiger partial charge < -0.3 is 26.8 Å². The molecule has 0 bridgehead atoms. The van der Waals surface area contributed by atoms with Crippen LogP contribution in [0.4, 0.5) is 0 Å². The van der Waals surface area contributed by atoms with Gasteiger partial charge in [-0.3, -0.25) is 9.59 Å². The Morgan fingerprint density at radius 3 is 2.64 bits per heavy atom. The summed E-state index contributed by atoms with van der Waals surface area (Å²) in [4.78, 5) is 37.8. The molecule has 1 saturated heterocycles. The number of unbranched alkanes of at least 4 members (excludes halogenated alkanes) is 1. The fraction of sp³-hybridized carbons (Fsp3) is 0.812. The van der Waals surface area contributed by atoms with Crippen LogP contribution < -0.4 is 16.8 Å². The van der Waals surface area contributed by atoms with Gasteiger partial charge in [0.05, 0.1) is 6.04 Å². The molecule has 1 fully saturated rings. The molecule has 25 heavy (non-hydrogen) atoms. The Labute approximate surface area is 153 Å². The largest absolute Gasteiger partial charge is 0.480 e. The molecule has 0 spiro atoms. The lowest BCUT2D eigenvalue weighted by Crippen LogP contribution is -2.54. The molecule has 1 rings (SSSR count). The van der Waals surface area contributed by atoms with E-state index in [2.05, 4.69) is 5.32 Å². The lowest BCUT2D eigenvalue weighted by atomic mass is 10.1. The number of carboxylic acids is 1. The van der Waals surface area contributed by atoms with Gasteiger partial charge in [0.1, 0.15) is 12.1 Å². The van der Waals surface area contributed by atoms with E-state index in [4.69, 9.17) is 11.5 Å². The van der Waals surface area contributed by atoms with Gasteiger partial charge in [0.2, 0.25) is 11.8 Å². The molecule has 0 aromatic rings. The number of nitrogens with one attached hydrogen (secondary N) is 1. The number of carboxylic acid groups (broad SMARTS) is 1. The van der Waals surface area contributed by atoms with E-state index in [0.29, 0.717) is 44.5 Å². The summed E-state index contributed by atoms with van der Waals surface area (Å²) in [6.07, 6.45) is 5.58. The molecule has 3 unspecified atom stereocenters. The second-order valence-electron chi connectivity index (χ2n) is 6.26. The number of amides is 2. The average molecular weight is 375 g/mol. The van der Waals surface area contributed by atoms with Crippen LogP contribution in [0.25, 0.3) is 0 Å². The highest BCUT2D eigenvalue weighted by atomic mass is 32.2. The number of hydrogen-bond acceptors (Lipinski definition) is 6. The summed E-state index contributed by atoms with van der Waals surface area (Å²) in [5.74, 6) is -1.08. The molecule has 1 heterocycles. The Hall–Kier alpha value is -1.32. The minimum atomic E-state index is -1.06. The van der Waals surface area contributed by atoms with Crippen LogP contribution in [0, 0.1) is 0 Å². The summed E-state index contributed by atoms with van der Waals surface area (Å²) < 4.78 is 0. The third-order valence-electron chi connectivity index (χ3n) is 4.35. The van der Waals surface area contributed by atoms with Crippen molar-refractivity contribution in [1.29, 1.82) is 0 Å². The third kappa shape index (κ3) is 6.83. The number of thioether (sulfide) groups is 1. The molecule has 144 valence electrons. The second-order valence-corrected chi connectivity index (χ2v) is 7.25. The zero-order valence-corrected chi connectivity index (χ0v) is 15.6. The van der Waals surface area contributed by atoms with Crippen molar-refractivity contribution in [3.05, 3.63) is 0 Å². The van der Waals surface area contributed by atoms with Crippen molar-refractivity contribution in [2.75, 3.05) is 25.1 Å². The Balaban J connectivity index is 2.64. The second kappa shape index (κ2) is 11.3. The van der Waals surface area contributed by atoms with Gasteiger partial charge in [-0.2, -0.15) is 11.8 Å². The van der Waals surface area contributed by atoms with Crippen LogP contribution in [-0.2, 0) is 14.4 Å². The summed E-state index contributed by atoms with van der Waals surface area (Å²) in [6, 6.07) is -2.22. The van der Waals surface area contributed by atoms with Crippen LogP contribution in [0.2, 0.25) is 0 Å². The predicted octanol–water partition coefficient (Wildman–Crippen LogP) is -0.244. The normalized spacial score (nSPS) is 19.5. The fourth-order valence-corrected chi connectivity index (χ4v) is 3.38. The number of rotatable bonds is 11. The van der Waals surface area contributed by atoms with E-state index >= 15 is 0 Å². The quantitative estimate of drug-likeness (QED) is 0.366. The number of nitrogens with two attached hydrogens (primary N) is 2. The average Bonchev–Trinajstić information content (AvgIpc) is 3.07. The maximum absolute atomic E-state index is 12.5. The maximum atomic E-state index is 12.5. The molecule has 1 aliphatic heterocycles. The Kier molecular flexibility index (Phi) is 9.84. The van der Waals surface area contributed by atoms with Crippen molar-refractivity contribution >= 4 is 29.5 Å². The van der Waals surface area contributed by atoms with Gasteiger partial charge in [-0.25, -0.2) is 4.79 Å². The SMILES string of the molecule is CSCCC(NC(=O)C1CCCN1C(=O)C(N)CCCCN)C(=O)O. The lowest BCUT2D eigenvalue weighted by Gasteiger charge is -2.27. The zero-order valence-electron chi connectivity index (χ0n) is 14.8. The van der Waals surface area contributed by atoms with E-state index in [-0.39, 0.29) is 5.91 Å². The van der Waals surface area contributed by atoms with Crippen LogP contribution in [0.5, 0.6) is 0 Å². The lowest BCUT2D eigenvalue weighted by molar-refractivity contribution is -0.144. The predicted molar refractivity (Wildman–Crippen MR) is 98.2 cm³/mol. The topological polar surface area (TPSA) is 139 Å². The van der Waals surface area contributed by atoms with E-state index in [9.17, 15) is 19.5 Å². The zero-order chi connectivity index (χ0) is 18.8. The van der Waals surface area contributed by atoms with Crippen molar-refractivity contribution in [1.82, 2.24) is 10.2 Å². The molecule has 9 heteroatoms. The van der Waals surface area contributed by atoms with Crippen LogP contribution in [0.3, 0.4) is 0 Å². The van der Waals surface area contributed by atoms with Crippen molar-refractivity contribution in [2.24, 2.45) is 11.5 Å². The Bertz CT molecular complexity index is 463. The standard InChI is InChI=1S/C16H30N4O4S/c1-25-10-7-12(16(23)24)19-14(21)13-6-4-9-20(13)15(22)11(18)5-2-3-8-17/h11-13H,2-10,17-18H2,1H3,(H,19,21)(H,23,24). The molecular formula is C16H30N4O4S. The van der Waals surface area contributed by atoms with Crippen LogP contribution in [0.1, 0.15) is 38.5 Å². The maximum Gasteiger partial charge on any atom is 0.326 e. The van der Waals surface area contributed by atoms with Gasteiger partial charge in [0, 0.05) is 6.54 Å². The molecule has 8 nitrogen and oxygen atoms in total. The van der Waals surface area contributed by atoms with Crippen molar-refractivity contribution < 1.29 is 19.5 Å². The Morgan fingerprint density at radius 1 is 1.32 bits per heavy atom. The summed E-state index contributed by atoms with van der Waals surface area (Å²) >= 11 is 1.52. The first-order valence-electron chi connectivity index (χ1n) is 8.70. The van der Waals surface area contributed by atoms with Gasteiger partial charge >= 0.3 is 5.97 Å². The molecule has 0 aromatic heterocycles. The molecule has 3 atom stereocenters. The van der Waals surface area contributed by atoms with Crippen molar-refractivity contribution in [2.45, 2.75) is 56.7 Å². The molecule has 0 aromatic carbocycles. The number of carbonyl (C=O) groups is 3. The van der Waals surface area contributed by atoms with E-state index in [1.165, 1.54) is 16.7 Å². The summed E-state index contributed by atoms with van der Waals surface area (Å²) in [5, 5.41) is 11.8. The summed E-state index contributed by atoms with van der Waals surface area (Å²) in [7, 11) is 0. The monoisotopic (exact) mass is 374 g/mol. The molecule has 0 radical (unpaired) electrons. The number of nitrogens with zero attached hydrogens (tertiary/aromatic N) is 1. The fourth-order valence-electron chi connectivity index (χ4n) is 2.91. The van der Waals surface area contributed by atoms with Crippen LogP contribution in [-0.4, -0.2) is 71.0 Å². The number of carbonyl (C=O) groups excluding carboxylic acids is 2. The van der Waals surface area contributed by atoms with E-state index in [1.54, 1.807) is 0 Å². The number of likely N-dealkylation sites (tertiary alicyclic amines) is 1. The van der Waals surface area contributed by atoms with Crippen LogP contribution in [0.15, 0.2) is 0 Å².